The Bertz CT molecular complexity index is 1060. The van der Waals surface area contributed by atoms with Crippen LogP contribution in [0, 0.1) is 23.3 Å². The maximum absolute atomic E-state index is 14.2. The smallest absolute Gasteiger partial charge is 0.274 e. The molecule has 1 saturated carbocycles. The Labute approximate surface area is 170 Å². The SMILES string of the molecule is O=C(NO)c1ccc(CN(C2CCCC2)S(=O)(=O)c2cc(F)c(F)c(F)c2F)cc1. The molecule has 30 heavy (non-hydrogen) atoms. The molecule has 0 bridgehead atoms. The molecule has 1 fully saturated rings. The number of amides is 1. The molecule has 0 saturated heterocycles. The van der Waals surface area contributed by atoms with Gasteiger partial charge in [0.25, 0.3) is 5.91 Å². The number of halogens is 4. The summed E-state index contributed by atoms with van der Waals surface area (Å²) in [6.45, 7) is -0.256. The molecule has 0 heterocycles. The summed E-state index contributed by atoms with van der Waals surface area (Å²) in [5.41, 5.74) is 2.00. The first-order valence-corrected chi connectivity index (χ1v) is 10.5. The summed E-state index contributed by atoms with van der Waals surface area (Å²) in [6, 6.07) is 5.16. The molecular formula is C19H18F4N2O4S. The minimum atomic E-state index is -4.71. The summed E-state index contributed by atoms with van der Waals surface area (Å²) in [5, 5.41) is 8.66. The highest BCUT2D eigenvalue weighted by Gasteiger charge is 2.37. The molecule has 1 amide bonds. The largest absolute Gasteiger partial charge is 0.288 e. The number of benzene rings is 2. The van der Waals surface area contributed by atoms with Crippen molar-refractivity contribution in [1.29, 1.82) is 0 Å². The maximum atomic E-state index is 14.2. The van der Waals surface area contributed by atoms with Crippen molar-refractivity contribution in [3.05, 3.63) is 64.7 Å². The Hall–Kier alpha value is -2.50. The molecular weight excluding hydrogens is 428 g/mol. The molecule has 1 aliphatic rings. The Morgan fingerprint density at radius 2 is 1.63 bits per heavy atom. The van der Waals surface area contributed by atoms with Crippen LogP contribution in [0.25, 0.3) is 0 Å². The summed E-state index contributed by atoms with van der Waals surface area (Å²) >= 11 is 0. The van der Waals surface area contributed by atoms with E-state index in [9.17, 15) is 30.8 Å². The van der Waals surface area contributed by atoms with Crippen LogP contribution >= 0.6 is 0 Å². The second-order valence-electron chi connectivity index (χ2n) is 6.92. The standard InChI is InChI=1S/C19H18F4N2O4S/c20-14-9-15(17(22)18(23)16(14)21)30(28,29)25(13-3-1-2-4-13)10-11-5-7-12(8-6-11)19(26)24-27/h5-9,13,27H,1-4,10H2,(H,24,26). The molecule has 1 aliphatic carbocycles. The molecule has 162 valence electrons. The van der Waals surface area contributed by atoms with Crippen molar-refractivity contribution < 1.29 is 36.0 Å². The predicted molar refractivity (Wildman–Crippen MR) is 97.0 cm³/mol. The zero-order valence-corrected chi connectivity index (χ0v) is 16.4. The molecule has 0 spiro atoms. The Balaban J connectivity index is 2.01. The number of hydrogen-bond donors (Lipinski definition) is 2. The third-order valence-corrected chi connectivity index (χ3v) is 6.94. The number of carbonyl (C=O) groups is 1. The third kappa shape index (κ3) is 4.18. The maximum Gasteiger partial charge on any atom is 0.274 e. The third-order valence-electron chi connectivity index (χ3n) is 5.04. The van der Waals surface area contributed by atoms with Gasteiger partial charge in [-0.25, -0.2) is 31.5 Å². The van der Waals surface area contributed by atoms with Crippen molar-refractivity contribution in [2.24, 2.45) is 0 Å². The molecule has 11 heteroatoms. The predicted octanol–water partition coefficient (Wildman–Crippen LogP) is 3.50. The van der Waals surface area contributed by atoms with E-state index in [1.807, 2.05) is 0 Å². The van der Waals surface area contributed by atoms with E-state index in [4.69, 9.17) is 5.21 Å². The quantitative estimate of drug-likeness (QED) is 0.234. The molecule has 2 N–H and O–H groups in total. The lowest BCUT2D eigenvalue weighted by Gasteiger charge is -2.28. The van der Waals surface area contributed by atoms with Gasteiger partial charge >= 0.3 is 0 Å². The minimum absolute atomic E-state index is 0.116. The van der Waals surface area contributed by atoms with Crippen molar-refractivity contribution in [2.75, 3.05) is 0 Å². The van der Waals surface area contributed by atoms with Gasteiger partial charge in [-0.2, -0.15) is 4.31 Å². The molecule has 2 aromatic rings. The van der Waals surface area contributed by atoms with Crippen LogP contribution in [-0.2, 0) is 16.6 Å². The van der Waals surface area contributed by atoms with Crippen LogP contribution < -0.4 is 5.48 Å². The fraction of sp³-hybridized carbons (Fsp3) is 0.316. The molecule has 0 atom stereocenters. The van der Waals surface area contributed by atoms with Crippen LogP contribution in [0.15, 0.2) is 35.2 Å². The normalized spacial score (nSPS) is 15.0. The van der Waals surface area contributed by atoms with Crippen LogP contribution in [0.2, 0.25) is 0 Å². The van der Waals surface area contributed by atoms with Gasteiger partial charge in [0, 0.05) is 24.2 Å². The van der Waals surface area contributed by atoms with E-state index in [0.717, 1.165) is 17.1 Å². The van der Waals surface area contributed by atoms with E-state index in [2.05, 4.69) is 0 Å². The highest BCUT2D eigenvalue weighted by atomic mass is 32.2. The Morgan fingerprint density at radius 1 is 1.03 bits per heavy atom. The van der Waals surface area contributed by atoms with Gasteiger partial charge in [0.15, 0.2) is 23.3 Å². The average Bonchev–Trinajstić information content (AvgIpc) is 3.27. The van der Waals surface area contributed by atoms with E-state index >= 15 is 0 Å². The molecule has 6 nitrogen and oxygen atoms in total. The molecule has 3 rings (SSSR count). The van der Waals surface area contributed by atoms with Crippen molar-refractivity contribution in [3.63, 3.8) is 0 Å². The van der Waals surface area contributed by atoms with E-state index < -0.39 is 50.1 Å². The molecule has 2 aromatic carbocycles. The minimum Gasteiger partial charge on any atom is -0.288 e. The number of nitrogens with zero attached hydrogens (tertiary/aromatic N) is 1. The van der Waals surface area contributed by atoms with Crippen LogP contribution in [0.1, 0.15) is 41.6 Å². The first kappa shape index (κ1) is 22.2. The topological polar surface area (TPSA) is 86.7 Å². The first-order valence-electron chi connectivity index (χ1n) is 9.05. The number of hydroxylamine groups is 1. The fourth-order valence-electron chi connectivity index (χ4n) is 3.47. The molecule has 0 aliphatic heterocycles. The van der Waals surface area contributed by atoms with Gasteiger partial charge in [0.2, 0.25) is 10.0 Å². The molecule has 0 aromatic heterocycles. The lowest BCUT2D eigenvalue weighted by Crippen LogP contribution is -2.39. The van der Waals surface area contributed by atoms with E-state index in [0.29, 0.717) is 18.4 Å². The van der Waals surface area contributed by atoms with Crippen molar-refractivity contribution in [1.82, 2.24) is 9.79 Å². The highest BCUT2D eigenvalue weighted by Crippen LogP contribution is 2.32. The van der Waals surface area contributed by atoms with E-state index in [-0.39, 0.29) is 18.2 Å². The number of sulfonamides is 1. The van der Waals surface area contributed by atoms with Crippen molar-refractivity contribution in [2.45, 2.75) is 43.2 Å². The van der Waals surface area contributed by atoms with E-state index in [1.165, 1.54) is 29.7 Å². The fourth-order valence-corrected chi connectivity index (χ4v) is 5.22. The van der Waals surface area contributed by atoms with Crippen molar-refractivity contribution >= 4 is 15.9 Å². The van der Waals surface area contributed by atoms with Gasteiger partial charge in [0.05, 0.1) is 0 Å². The van der Waals surface area contributed by atoms with Gasteiger partial charge in [-0.3, -0.25) is 10.0 Å². The zero-order valence-electron chi connectivity index (χ0n) is 15.5. The Morgan fingerprint density at radius 3 is 2.20 bits per heavy atom. The lowest BCUT2D eigenvalue weighted by molar-refractivity contribution is 0.0706. The summed E-state index contributed by atoms with van der Waals surface area (Å²) in [5.74, 6) is -8.83. The van der Waals surface area contributed by atoms with Crippen LogP contribution in [0.3, 0.4) is 0 Å². The number of hydrogen-bond acceptors (Lipinski definition) is 4. The summed E-state index contributed by atoms with van der Waals surface area (Å²) in [4.78, 5) is 10.1. The average molecular weight is 446 g/mol. The second-order valence-corrected chi connectivity index (χ2v) is 8.78. The van der Waals surface area contributed by atoms with Crippen molar-refractivity contribution in [3.8, 4) is 0 Å². The molecule has 0 unspecified atom stereocenters. The van der Waals surface area contributed by atoms with Gasteiger partial charge < -0.3 is 0 Å². The Kier molecular flexibility index (Phi) is 6.44. The molecule has 0 radical (unpaired) electrons. The van der Waals surface area contributed by atoms with Gasteiger partial charge in [0.1, 0.15) is 4.90 Å². The first-order chi connectivity index (χ1) is 14.2. The highest BCUT2D eigenvalue weighted by molar-refractivity contribution is 7.89. The number of carbonyl (C=O) groups excluding carboxylic acids is 1. The summed E-state index contributed by atoms with van der Waals surface area (Å²) in [6.07, 6.45) is 2.39. The monoisotopic (exact) mass is 446 g/mol. The number of nitrogens with one attached hydrogen (secondary N) is 1. The number of rotatable bonds is 6. The van der Waals surface area contributed by atoms with Crippen LogP contribution in [0.4, 0.5) is 17.6 Å². The van der Waals surface area contributed by atoms with Crippen LogP contribution in [0.5, 0.6) is 0 Å². The zero-order chi connectivity index (χ0) is 22.1. The summed E-state index contributed by atoms with van der Waals surface area (Å²) in [7, 11) is -4.71. The van der Waals surface area contributed by atoms with Crippen LogP contribution in [-0.4, -0.2) is 29.9 Å². The van der Waals surface area contributed by atoms with Gasteiger partial charge in [-0.15, -0.1) is 0 Å². The van der Waals surface area contributed by atoms with Gasteiger partial charge in [-0.1, -0.05) is 25.0 Å². The second kappa shape index (κ2) is 8.70. The summed E-state index contributed by atoms with van der Waals surface area (Å²) < 4.78 is 82.0. The lowest BCUT2D eigenvalue weighted by atomic mass is 10.1. The van der Waals surface area contributed by atoms with E-state index in [1.54, 1.807) is 0 Å². The van der Waals surface area contributed by atoms with Gasteiger partial charge in [-0.05, 0) is 30.5 Å².